The Bertz CT molecular complexity index is 936. The highest BCUT2D eigenvalue weighted by Crippen LogP contribution is 2.27. The van der Waals surface area contributed by atoms with Gasteiger partial charge in [0.25, 0.3) is 5.91 Å². The van der Waals surface area contributed by atoms with Gasteiger partial charge in [0, 0.05) is 12.6 Å². The number of nitrogens with zero attached hydrogens (tertiary/aromatic N) is 1. The molecule has 178 valence electrons. The maximum absolute atomic E-state index is 13.1. The number of amides is 3. The molecule has 1 aliphatic rings. The summed E-state index contributed by atoms with van der Waals surface area (Å²) < 4.78 is 27.1. The van der Waals surface area contributed by atoms with Crippen LogP contribution in [-0.4, -0.2) is 66.9 Å². The highest BCUT2D eigenvalue weighted by molar-refractivity contribution is 7.89. The molecule has 1 aromatic rings. The number of sulfonamides is 1. The molecule has 1 fully saturated rings. The maximum atomic E-state index is 13.1. The van der Waals surface area contributed by atoms with E-state index < -0.39 is 45.9 Å². The average Bonchev–Trinajstić information content (AvgIpc) is 3.20. The van der Waals surface area contributed by atoms with Crippen LogP contribution in [-0.2, 0) is 24.4 Å². The first-order chi connectivity index (χ1) is 15.0. The summed E-state index contributed by atoms with van der Waals surface area (Å²) in [5.74, 6) is -1.95. The second kappa shape index (κ2) is 10.9. The van der Waals surface area contributed by atoms with Crippen molar-refractivity contribution in [3.05, 3.63) is 29.8 Å². The summed E-state index contributed by atoms with van der Waals surface area (Å²) in [4.78, 5) is 36.5. The largest absolute Gasteiger partial charge is 0.350 e. The third-order valence-electron chi connectivity index (χ3n) is 5.64. The van der Waals surface area contributed by atoms with Gasteiger partial charge in [-0.25, -0.2) is 13.9 Å². The van der Waals surface area contributed by atoms with Gasteiger partial charge in [-0.15, -0.1) is 0 Å². The lowest BCUT2D eigenvalue weighted by Gasteiger charge is -2.22. The van der Waals surface area contributed by atoms with Gasteiger partial charge in [-0.3, -0.25) is 19.6 Å². The Morgan fingerprint density at radius 2 is 1.88 bits per heavy atom. The number of benzene rings is 1. The molecule has 0 unspecified atom stereocenters. The first-order valence-electron chi connectivity index (χ1n) is 10.4. The maximum Gasteiger partial charge on any atom is 0.261 e. The van der Waals surface area contributed by atoms with Gasteiger partial charge in [0.2, 0.25) is 21.8 Å². The lowest BCUT2D eigenvalue weighted by Crippen LogP contribution is -2.49. The lowest BCUT2D eigenvalue weighted by molar-refractivity contribution is -0.132. The lowest BCUT2D eigenvalue weighted by atomic mass is 9.99. The number of hydroxylamine groups is 1. The van der Waals surface area contributed by atoms with E-state index >= 15 is 0 Å². The minimum Gasteiger partial charge on any atom is -0.350 e. The van der Waals surface area contributed by atoms with E-state index in [-0.39, 0.29) is 30.3 Å². The van der Waals surface area contributed by atoms with Crippen molar-refractivity contribution in [1.82, 2.24) is 20.4 Å². The summed E-state index contributed by atoms with van der Waals surface area (Å²) in [6, 6.07) is 3.50. The van der Waals surface area contributed by atoms with Crippen LogP contribution in [0.15, 0.2) is 29.2 Å². The van der Waals surface area contributed by atoms with E-state index in [4.69, 9.17) is 10.9 Å². The second-order valence-electron chi connectivity index (χ2n) is 8.01. The zero-order valence-corrected chi connectivity index (χ0v) is 19.2. The highest BCUT2D eigenvalue weighted by atomic mass is 32.2. The van der Waals surface area contributed by atoms with Crippen molar-refractivity contribution in [3.63, 3.8) is 0 Å². The van der Waals surface area contributed by atoms with Crippen LogP contribution in [0.2, 0.25) is 0 Å². The number of nitrogens with two attached hydrogens (primary N) is 1. The van der Waals surface area contributed by atoms with Crippen LogP contribution in [0.1, 0.15) is 32.3 Å². The molecule has 0 aliphatic carbocycles. The van der Waals surface area contributed by atoms with Crippen molar-refractivity contribution in [2.45, 2.75) is 56.6 Å². The Labute approximate surface area is 187 Å². The third kappa shape index (κ3) is 6.03. The summed E-state index contributed by atoms with van der Waals surface area (Å²) in [5.41, 5.74) is 8.19. The van der Waals surface area contributed by atoms with Crippen molar-refractivity contribution in [2.75, 3.05) is 13.1 Å². The zero-order chi connectivity index (χ0) is 24.1. The van der Waals surface area contributed by atoms with Gasteiger partial charge in [-0.2, -0.15) is 4.31 Å². The van der Waals surface area contributed by atoms with Crippen LogP contribution in [0.5, 0.6) is 0 Å². The van der Waals surface area contributed by atoms with Crippen LogP contribution in [0.3, 0.4) is 0 Å². The number of hydrogen-bond donors (Lipinski definition) is 5. The summed E-state index contributed by atoms with van der Waals surface area (Å²) in [7, 11) is -4.05. The average molecular weight is 470 g/mol. The number of carbonyl (C=O) groups is 3. The summed E-state index contributed by atoms with van der Waals surface area (Å²) in [6.07, 6.45) is 0.673. The van der Waals surface area contributed by atoms with E-state index in [1.807, 2.05) is 20.8 Å². The first-order valence-corrected chi connectivity index (χ1v) is 11.8. The smallest absolute Gasteiger partial charge is 0.261 e. The van der Waals surface area contributed by atoms with Gasteiger partial charge in [0.05, 0.1) is 17.5 Å². The standard InChI is InChI=1S/C20H31N5O6S/c1-4-13(3)18(21)20(28)22-10-17(26)23-14-9-16(19(27)24-29)25(11-14)32(30,31)15-7-5-12(2)6-8-15/h5-8,13-14,16,18,29H,4,9-11,21H2,1-3H3,(H,22,28)(H,23,26)(H,24,27)/t13-,14-,16-,18-/m0/s1. The van der Waals surface area contributed by atoms with Crippen LogP contribution in [0.4, 0.5) is 0 Å². The molecule has 32 heavy (non-hydrogen) atoms. The molecule has 6 N–H and O–H groups in total. The van der Waals surface area contributed by atoms with Crippen molar-refractivity contribution in [3.8, 4) is 0 Å². The van der Waals surface area contributed by atoms with Crippen molar-refractivity contribution in [2.24, 2.45) is 11.7 Å². The molecule has 0 radical (unpaired) electrons. The van der Waals surface area contributed by atoms with Gasteiger partial charge in [0.15, 0.2) is 0 Å². The highest BCUT2D eigenvalue weighted by Gasteiger charge is 2.44. The molecule has 0 bridgehead atoms. The summed E-state index contributed by atoms with van der Waals surface area (Å²) in [6.45, 7) is 5.05. The summed E-state index contributed by atoms with van der Waals surface area (Å²) in [5, 5.41) is 14.1. The SMILES string of the molecule is CC[C@H](C)[C@H](N)C(=O)NCC(=O)N[C@H]1C[C@@H](C(=O)NO)N(S(=O)(=O)c2ccc(C)cc2)C1. The van der Waals surface area contributed by atoms with E-state index in [0.717, 1.165) is 9.87 Å². The van der Waals surface area contributed by atoms with E-state index in [1.165, 1.54) is 17.6 Å². The first kappa shape index (κ1) is 25.7. The quantitative estimate of drug-likeness (QED) is 0.234. The molecule has 3 amide bonds. The number of hydrogen-bond acceptors (Lipinski definition) is 7. The molecule has 0 saturated carbocycles. The topological polar surface area (TPSA) is 171 Å². The van der Waals surface area contributed by atoms with Gasteiger partial charge in [0.1, 0.15) is 6.04 Å². The molecule has 0 aromatic heterocycles. The van der Waals surface area contributed by atoms with Crippen molar-refractivity contribution in [1.29, 1.82) is 0 Å². The van der Waals surface area contributed by atoms with Crippen LogP contribution in [0.25, 0.3) is 0 Å². The Kier molecular flexibility index (Phi) is 8.73. The molecule has 0 spiro atoms. The van der Waals surface area contributed by atoms with E-state index in [0.29, 0.717) is 6.42 Å². The van der Waals surface area contributed by atoms with Crippen LogP contribution < -0.4 is 21.8 Å². The molecule has 1 heterocycles. The molecule has 12 heteroatoms. The van der Waals surface area contributed by atoms with Crippen LogP contribution in [0, 0.1) is 12.8 Å². The van der Waals surface area contributed by atoms with E-state index in [2.05, 4.69) is 10.6 Å². The molecule has 1 aromatic carbocycles. The molecule has 4 atom stereocenters. The van der Waals surface area contributed by atoms with Gasteiger partial charge < -0.3 is 16.4 Å². The molecule has 2 rings (SSSR count). The number of rotatable bonds is 9. The van der Waals surface area contributed by atoms with Crippen molar-refractivity contribution < 1.29 is 28.0 Å². The number of aryl methyl sites for hydroxylation is 1. The zero-order valence-electron chi connectivity index (χ0n) is 18.4. The third-order valence-corrected chi connectivity index (χ3v) is 7.53. The van der Waals surface area contributed by atoms with Gasteiger partial charge in [-0.1, -0.05) is 38.0 Å². The van der Waals surface area contributed by atoms with E-state index in [9.17, 15) is 22.8 Å². The molecule has 11 nitrogen and oxygen atoms in total. The summed E-state index contributed by atoms with van der Waals surface area (Å²) >= 11 is 0. The van der Waals surface area contributed by atoms with Gasteiger partial charge in [-0.05, 0) is 31.4 Å². The number of nitrogens with one attached hydrogen (secondary N) is 3. The molecule has 1 saturated heterocycles. The van der Waals surface area contributed by atoms with E-state index in [1.54, 1.807) is 12.1 Å². The van der Waals surface area contributed by atoms with Gasteiger partial charge >= 0.3 is 0 Å². The molecule has 1 aliphatic heterocycles. The fourth-order valence-corrected chi connectivity index (χ4v) is 5.05. The second-order valence-corrected chi connectivity index (χ2v) is 9.90. The fourth-order valence-electron chi connectivity index (χ4n) is 3.41. The Morgan fingerprint density at radius 1 is 1.25 bits per heavy atom. The minimum absolute atomic E-state index is 0.00267. The Morgan fingerprint density at radius 3 is 2.44 bits per heavy atom. The normalized spacial score (nSPS) is 20.9. The monoisotopic (exact) mass is 469 g/mol. The molecular formula is C20H31N5O6S. The predicted octanol–water partition coefficient (Wildman–Crippen LogP) is -0.762. The molecular weight excluding hydrogens is 438 g/mol. The Hall–Kier alpha value is -2.54. The van der Waals surface area contributed by atoms with Crippen LogP contribution >= 0.6 is 0 Å². The predicted molar refractivity (Wildman–Crippen MR) is 116 cm³/mol. The van der Waals surface area contributed by atoms with Crippen molar-refractivity contribution >= 4 is 27.7 Å². The fraction of sp³-hybridized carbons (Fsp3) is 0.550. The Balaban J connectivity index is 2.07. The minimum atomic E-state index is -4.05. The number of carbonyl (C=O) groups excluding carboxylic acids is 3.